The van der Waals surface area contributed by atoms with Crippen molar-refractivity contribution in [3.05, 3.63) is 64.0 Å². The van der Waals surface area contributed by atoms with Gasteiger partial charge >= 0.3 is 5.97 Å². The van der Waals surface area contributed by atoms with E-state index in [4.69, 9.17) is 4.74 Å². The van der Waals surface area contributed by atoms with Crippen molar-refractivity contribution < 1.29 is 9.53 Å². The van der Waals surface area contributed by atoms with E-state index in [-0.39, 0.29) is 16.8 Å². The molecule has 3 heteroatoms. The van der Waals surface area contributed by atoms with Gasteiger partial charge in [0, 0.05) is 6.20 Å². The summed E-state index contributed by atoms with van der Waals surface area (Å²) < 4.78 is 5.03. The van der Waals surface area contributed by atoms with Gasteiger partial charge in [0.2, 0.25) is 0 Å². The maximum absolute atomic E-state index is 11.8. The van der Waals surface area contributed by atoms with Crippen molar-refractivity contribution >= 4 is 17.6 Å². The maximum Gasteiger partial charge on any atom is 0.339 e. The van der Waals surface area contributed by atoms with E-state index >= 15 is 0 Å². The van der Waals surface area contributed by atoms with E-state index < -0.39 is 0 Å². The predicted molar refractivity (Wildman–Crippen MR) is 120 cm³/mol. The van der Waals surface area contributed by atoms with Gasteiger partial charge in [-0.25, -0.2) is 4.79 Å². The minimum Gasteiger partial charge on any atom is -0.462 e. The number of carbonyl (C=O) groups is 1. The number of ether oxygens (including phenoxy) is 1. The average Bonchev–Trinajstić information content (AvgIpc) is 2.66. The molecule has 0 spiro atoms. The Labute approximate surface area is 175 Å². The van der Waals surface area contributed by atoms with Crippen molar-refractivity contribution in [2.75, 3.05) is 6.61 Å². The summed E-state index contributed by atoms with van der Waals surface area (Å²) in [6, 6.07) is 8.43. The zero-order valence-corrected chi connectivity index (χ0v) is 18.8. The van der Waals surface area contributed by atoms with Gasteiger partial charge in [0.15, 0.2) is 0 Å². The Balaban J connectivity index is 1.97. The molecule has 0 saturated carbocycles. The molecule has 0 saturated heterocycles. The Hall–Kier alpha value is -2.42. The van der Waals surface area contributed by atoms with Crippen LogP contribution in [-0.2, 0) is 15.6 Å². The van der Waals surface area contributed by atoms with Crippen LogP contribution in [0.4, 0.5) is 0 Å². The summed E-state index contributed by atoms with van der Waals surface area (Å²) in [4.78, 5) is 16.3. The second-order valence-corrected chi connectivity index (χ2v) is 9.50. The molecule has 0 atom stereocenters. The lowest BCUT2D eigenvalue weighted by atomic mass is 9.62. The van der Waals surface area contributed by atoms with E-state index in [9.17, 15) is 4.79 Å². The van der Waals surface area contributed by atoms with Crippen LogP contribution in [0, 0.1) is 6.92 Å². The van der Waals surface area contributed by atoms with Crippen LogP contribution in [0.3, 0.4) is 0 Å². The Morgan fingerprint density at radius 3 is 2.28 bits per heavy atom. The van der Waals surface area contributed by atoms with Gasteiger partial charge in [-0.2, -0.15) is 0 Å². The molecule has 0 unspecified atom stereocenters. The fourth-order valence-electron chi connectivity index (χ4n) is 4.27. The smallest absolute Gasteiger partial charge is 0.339 e. The summed E-state index contributed by atoms with van der Waals surface area (Å²) in [6.07, 6.45) is 6.10. The molecule has 1 aromatic carbocycles. The first-order chi connectivity index (χ1) is 13.5. The van der Waals surface area contributed by atoms with Crippen LogP contribution < -0.4 is 0 Å². The highest BCUT2D eigenvalue weighted by Gasteiger charge is 2.37. The molecule has 0 bridgehead atoms. The van der Waals surface area contributed by atoms with Crippen molar-refractivity contribution in [3.8, 4) is 0 Å². The molecule has 29 heavy (non-hydrogen) atoms. The normalized spacial score (nSPS) is 17.6. The third-order valence-electron chi connectivity index (χ3n) is 6.28. The van der Waals surface area contributed by atoms with Crippen LogP contribution in [0.1, 0.15) is 92.7 Å². The molecule has 3 nitrogen and oxygen atoms in total. The SMILES string of the molecule is CCOC(=O)c1ccc(/C=C(\C)c2cc3c(cc2C)C(C)(C)CCC3(C)C)nc1. The molecule has 0 amide bonds. The standard InChI is InChI=1S/C26H33NO2/c1-8-29-24(28)19-9-10-20(27-16-19)13-17(2)21-15-23-22(14-18(21)3)25(4,5)11-12-26(23,6)7/h9-10,13-16H,8,11-12H2,1-7H3/b17-13+. The quantitative estimate of drug-likeness (QED) is 0.560. The van der Waals surface area contributed by atoms with Crippen LogP contribution in [0.25, 0.3) is 11.6 Å². The topological polar surface area (TPSA) is 39.2 Å². The highest BCUT2D eigenvalue weighted by Crippen LogP contribution is 2.47. The molecule has 1 aliphatic rings. The second-order valence-electron chi connectivity index (χ2n) is 9.50. The van der Waals surface area contributed by atoms with Gasteiger partial charge in [0.05, 0.1) is 17.9 Å². The number of aromatic nitrogens is 1. The number of allylic oxidation sites excluding steroid dienone is 1. The number of hydrogen-bond donors (Lipinski definition) is 0. The zero-order chi connectivity index (χ0) is 21.4. The third kappa shape index (κ3) is 4.29. The minimum absolute atomic E-state index is 0.188. The van der Waals surface area contributed by atoms with Crippen LogP contribution in [0.5, 0.6) is 0 Å². The molecular formula is C26H33NO2. The average molecular weight is 392 g/mol. The first-order valence-corrected chi connectivity index (χ1v) is 10.5. The number of fused-ring (bicyclic) bond motifs is 1. The highest BCUT2D eigenvalue weighted by atomic mass is 16.5. The van der Waals surface area contributed by atoms with Crippen LogP contribution in [0.2, 0.25) is 0 Å². The Kier molecular flexibility index (Phi) is 5.71. The van der Waals surface area contributed by atoms with Crippen molar-refractivity contribution in [1.82, 2.24) is 4.98 Å². The number of benzene rings is 1. The Morgan fingerprint density at radius 1 is 1.10 bits per heavy atom. The van der Waals surface area contributed by atoms with Crippen molar-refractivity contribution in [1.29, 1.82) is 0 Å². The molecule has 3 rings (SSSR count). The number of hydrogen-bond acceptors (Lipinski definition) is 3. The molecule has 1 heterocycles. The number of aryl methyl sites for hydroxylation is 1. The fourth-order valence-corrected chi connectivity index (χ4v) is 4.27. The minimum atomic E-state index is -0.331. The number of nitrogens with zero attached hydrogens (tertiary/aromatic N) is 1. The van der Waals surface area contributed by atoms with E-state index in [1.807, 2.05) is 6.07 Å². The zero-order valence-electron chi connectivity index (χ0n) is 18.8. The second kappa shape index (κ2) is 7.78. The molecule has 0 radical (unpaired) electrons. The largest absolute Gasteiger partial charge is 0.462 e. The molecule has 0 fully saturated rings. The lowest BCUT2D eigenvalue weighted by Gasteiger charge is -2.42. The summed E-state index contributed by atoms with van der Waals surface area (Å²) in [5, 5.41) is 0. The molecule has 0 aliphatic heterocycles. The van der Waals surface area contributed by atoms with E-state index in [2.05, 4.69) is 64.7 Å². The van der Waals surface area contributed by atoms with Gasteiger partial charge < -0.3 is 4.74 Å². The molecule has 1 aromatic heterocycles. The van der Waals surface area contributed by atoms with Crippen LogP contribution in [0.15, 0.2) is 30.5 Å². The van der Waals surface area contributed by atoms with Crippen molar-refractivity contribution in [2.45, 2.75) is 72.1 Å². The molecule has 0 N–H and O–H groups in total. The van der Waals surface area contributed by atoms with Crippen molar-refractivity contribution in [3.63, 3.8) is 0 Å². The summed E-state index contributed by atoms with van der Waals surface area (Å²) in [7, 11) is 0. The number of esters is 1. The van der Waals surface area contributed by atoms with Gasteiger partial charge in [-0.05, 0) is 90.5 Å². The van der Waals surface area contributed by atoms with Crippen LogP contribution in [-0.4, -0.2) is 17.6 Å². The number of pyridine rings is 1. The number of rotatable bonds is 4. The van der Waals surface area contributed by atoms with E-state index in [1.54, 1.807) is 19.2 Å². The molecule has 1 aliphatic carbocycles. The lowest BCUT2D eigenvalue weighted by Crippen LogP contribution is -2.34. The van der Waals surface area contributed by atoms with Crippen LogP contribution >= 0.6 is 0 Å². The third-order valence-corrected chi connectivity index (χ3v) is 6.28. The van der Waals surface area contributed by atoms with Gasteiger partial charge in [0.1, 0.15) is 0 Å². The number of carbonyl (C=O) groups excluding carboxylic acids is 1. The van der Waals surface area contributed by atoms with E-state index in [1.165, 1.54) is 40.7 Å². The highest BCUT2D eigenvalue weighted by molar-refractivity contribution is 5.89. The predicted octanol–water partition coefficient (Wildman–Crippen LogP) is 6.48. The van der Waals surface area contributed by atoms with Gasteiger partial charge in [-0.15, -0.1) is 0 Å². The van der Waals surface area contributed by atoms with Crippen molar-refractivity contribution in [2.24, 2.45) is 0 Å². The summed E-state index contributed by atoms with van der Waals surface area (Å²) in [6.45, 7) is 15.9. The monoisotopic (exact) mass is 391 g/mol. The van der Waals surface area contributed by atoms with E-state index in [0.29, 0.717) is 12.2 Å². The summed E-state index contributed by atoms with van der Waals surface area (Å²) in [5.41, 5.74) is 8.43. The molecular weight excluding hydrogens is 358 g/mol. The fraction of sp³-hybridized carbons (Fsp3) is 0.462. The first kappa shape index (κ1) is 21.3. The Morgan fingerprint density at radius 2 is 1.72 bits per heavy atom. The molecule has 2 aromatic rings. The van der Waals surface area contributed by atoms with Gasteiger partial charge in [-0.3, -0.25) is 4.98 Å². The summed E-state index contributed by atoms with van der Waals surface area (Å²) in [5.74, 6) is -0.331. The lowest BCUT2D eigenvalue weighted by molar-refractivity contribution is 0.0526. The maximum atomic E-state index is 11.8. The van der Waals surface area contributed by atoms with Gasteiger partial charge in [0.25, 0.3) is 0 Å². The van der Waals surface area contributed by atoms with Gasteiger partial charge in [-0.1, -0.05) is 39.8 Å². The first-order valence-electron chi connectivity index (χ1n) is 10.5. The van der Waals surface area contributed by atoms with E-state index in [0.717, 1.165) is 5.69 Å². The summed E-state index contributed by atoms with van der Waals surface area (Å²) >= 11 is 0. The molecule has 154 valence electrons. The Bertz CT molecular complexity index is 949.